The average Bonchev–Trinajstić information content (AvgIpc) is 2.43. The second kappa shape index (κ2) is 8.00. The van der Waals surface area contributed by atoms with Crippen molar-refractivity contribution in [1.82, 2.24) is 10.2 Å². The van der Waals surface area contributed by atoms with Gasteiger partial charge in [-0.25, -0.2) is 0 Å². The maximum Gasteiger partial charge on any atom is 0.325 e. The van der Waals surface area contributed by atoms with Crippen molar-refractivity contribution in [2.24, 2.45) is 0 Å². The Morgan fingerprint density at radius 1 is 1.58 bits per heavy atom. The van der Waals surface area contributed by atoms with Crippen LogP contribution >= 0.6 is 0 Å². The zero-order chi connectivity index (χ0) is 14.1. The number of esters is 1. The first-order chi connectivity index (χ1) is 9.22. The Labute approximate surface area is 111 Å². The van der Waals surface area contributed by atoms with E-state index in [0.717, 1.165) is 0 Å². The molecule has 0 fully saturated rings. The van der Waals surface area contributed by atoms with Crippen LogP contribution in [-0.2, 0) is 14.3 Å². The molecular formula is C12H16N4O3. The van der Waals surface area contributed by atoms with Gasteiger partial charge in [-0.15, -0.1) is 5.10 Å². The summed E-state index contributed by atoms with van der Waals surface area (Å²) in [6.07, 6.45) is 1.43. The van der Waals surface area contributed by atoms with Crippen LogP contribution in [0.5, 0.6) is 0 Å². The molecule has 0 aliphatic heterocycles. The third kappa shape index (κ3) is 4.52. The predicted octanol–water partition coefficient (Wildman–Crippen LogP) is 0.364. The number of hydrogen-bond acceptors (Lipinski definition) is 7. The van der Waals surface area contributed by atoms with Gasteiger partial charge in [0.2, 0.25) is 0 Å². The Bertz CT molecular complexity index is 459. The molecule has 102 valence electrons. The van der Waals surface area contributed by atoms with Crippen molar-refractivity contribution in [2.75, 3.05) is 38.3 Å². The van der Waals surface area contributed by atoms with Crippen molar-refractivity contribution in [2.45, 2.75) is 6.92 Å². The van der Waals surface area contributed by atoms with Gasteiger partial charge in [-0.3, -0.25) is 4.79 Å². The molecule has 0 aliphatic carbocycles. The summed E-state index contributed by atoms with van der Waals surface area (Å²) in [5.74, 6) is -0.0248. The molecule has 0 saturated heterocycles. The highest BCUT2D eigenvalue weighted by atomic mass is 16.5. The van der Waals surface area contributed by atoms with E-state index in [0.29, 0.717) is 31.1 Å². The summed E-state index contributed by atoms with van der Waals surface area (Å²) in [5.41, 5.74) is 0.357. The van der Waals surface area contributed by atoms with Crippen LogP contribution in [0.15, 0.2) is 12.3 Å². The summed E-state index contributed by atoms with van der Waals surface area (Å²) in [5, 5.41) is 16.7. The highest BCUT2D eigenvalue weighted by Crippen LogP contribution is 2.14. The Kier molecular flexibility index (Phi) is 6.26. The van der Waals surface area contributed by atoms with E-state index in [-0.39, 0.29) is 12.5 Å². The van der Waals surface area contributed by atoms with E-state index >= 15 is 0 Å². The smallest absolute Gasteiger partial charge is 0.325 e. The van der Waals surface area contributed by atoms with E-state index in [1.54, 1.807) is 25.0 Å². The number of carbonyl (C=O) groups is 1. The molecule has 0 radical (unpaired) electrons. The second-order valence-electron chi connectivity index (χ2n) is 3.60. The number of nitriles is 1. The van der Waals surface area contributed by atoms with Crippen molar-refractivity contribution in [3.05, 3.63) is 17.8 Å². The number of carbonyl (C=O) groups excluding carboxylic acids is 1. The van der Waals surface area contributed by atoms with Crippen LogP contribution < -0.4 is 4.90 Å². The van der Waals surface area contributed by atoms with Crippen molar-refractivity contribution in [1.29, 1.82) is 5.26 Å². The minimum Gasteiger partial charge on any atom is -0.465 e. The van der Waals surface area contributed by atoms with Gasteiger partial charge >= 0.3 is 5.97 Å². The number of aromatic nitrogens is 2. The van der Waals surface area contributed by atoms with Crippen molar-refractivity contribution in [3.8, 4) is 6.07 Å². The summed E-state index contributed by atoms with van der Waals surface area (Å²) < 4.78 is 9.88. The quantitative estimate of drug-likeness (QED) is 0.657. The lowest BCUT2D eigenvalue weighted by molar-refractivity contribution is -0.141. The monoisotopic (exact) mass is 264 g/mol. The van der Waals surface area contributed by atoms with Crippen molar-refractivity contribution >= 4 is 11.8 Å². The Morgan fingerprint density at radius 2 is 2.37 bits per heavy atom. The fraction of sp³-hybridized carbons (Fsp3) is 0.500. The van der Waals surface area contributed by atoms with Gasteiger partial charge in [0.15, 0.2) is 5.82 Å². The highest BCUT2D eigenvalue weighted by Gasteiger charge is 2.17. The van der Waals surface area contributed by atoms with E-state index in [1.807, 2.05) is 6.07 Å². The highest BCUT2D eigenvalue weighted by molar-refractivity contribution is 5.76. The molecule has 0 atom stereocenters. The van der Waals surface area contributed by atoms with Gasteiger partial charge in [-0.1, -0.05) is 0 Å². The first-order valence-electron chi connectivity index (χ1n) is 5.84. The SMILES string of the molecule is CCOC(=O)CN(CCOC)c1nnccc1C#N. The zero-order valence-electron chi connectivity index (χ0n) is 11.0. The molecule has 1 rings (SSSR count). The average molecular weight is 264 g/mol. The van der Waals surface area contributed by atoms with Gasteiger partial charge in [-0.05, 0) is 13.0 Å². The topological polar surface area (TPSA) is 88.3 Å². The standard InChI is InChI=1S/C12H16N4O3/c1-3-19-11(17)9-16(6-7-18-2)12-10(8-13)4-5-14-15-12/h4-5H,3,6-7,9H2,1-2H3. The molecule has 7 heteroatoms. The minimum absolute atomic E-state index is 0.00454. The molecule has 0 amide bonds. The maximum atomic E-state index is 11.6. The van der Waals surface area contributed by atoms with Crippen molar-refractivity contribution in [3.63, 3.8) is 0 Å². The van der Waals surface area contributed by atoms with E-state index in [4.69, 9.17) is 14.7 Å². The fourth-order valence-electron chi connectivity index (χ4n) is 1.47. The van der Waals surface area contributed by atoms with Crippen LogP contribution in [-0.4, -0.2) is 49.6 Å². The first-order valence-corrected chi connectivity index (χ1v) is 5.84. The molecule has 0 N–H and O–H groups in total. The van der Waals surface area contributed by atoms with E-state index < -0.39 is 0 Å². The molecule has 0 spiro atoms. The molecule has 1 aromatic heterocycles. The van der Waals surface area contributed by atoms with E-state index in [1.165, 1.54) is 6.20 Å². The third-order valence-electron chi connectivity index (χ3n) is 2.31. The Balaban J connectivity index is 2.89. The molecule has 1 aromatic rings. The molecule has 19 heavy (non-hydrogen) atoms. The summed E-state index contributed by atoms with van der Waals surface area (Å²) in [6.45, 7) is 2.87. The van der Waals surface area contributed by atoms with Gasteiger partial charge < -0.3 is 14.4 Å². The van der Waals surface area contributed by atoms with Crippen LogP contribution in [0.2, 0.25) is 0 Å². The van der Waals surface area contributed by atoms with Crippen LogP contribution in [0, 0.1) is 11.3 Å². The predicted molar refractivity (Wildman–Crippen MR) is 67.5 cm³/mol. The number of methoxy groups -OCH3 is 1. The lowest BCUT2D eigenvalue weighted by atomic mass is 10.3. The van der Waals surface area contributed by atoms with E-state index in [2.05, 4.69) is 10.2 Å². The Hall–Kier alpha value is -2.20. The molecular weight excluding hydrogens is 248 g/mol. The molecule has 0 saturated carbocycles. The first kappa shape index (κ1) is 14.9. The third-order valence-corrected chi connectivity index (χ3v) is 2.31. The summed E-state index contributed by atoms with van der Waals surface area (Å²) in [6, 6.07) is 3.57. The van der Waals surface area contributed by atoms with Gasteiger partial charge in [0.25, 0.3) is 0 Å². The van der Waals surface area contributed by atoms with Gasteiger partial charge in [0, 0.05) is 13.7 Å². The second-order valence-corrected chi connectivity index (χ2v) is 3.60. The maximum absolute atomic E-state index is 11.6. The van der Waals surface area contributed by atoms with E-state index in [9.17, 15) is 4.79 Å². The molecule has 0 unspecified atom stereocenters. The van der Waals surface area contributed by atoms with Gasteiger partial charge in [0.1, 0.15) is 12.6 Å². The van der Waals surface area contributed by atoms with Crippen LogP contribution in [0.1, 0.15) is 12.5 Å². The Morgan fingerprint density at radius 3 is 3.00 bits per heavy atom. The van der Waals surface area contributed by atoms with Gasteiger partial charge in [0.05, 0.1) is 25.0 Å². The normalized spacial score (nSPS) is 9.74. The number of ether oxygens (including phenoxy) is 2. The number of nitrogens with zero attached hydrogens (tertiary/aromatic N) is 4. The molecule has 0 aliphatic rings. The fourth-order valence-corrected chi connectivity index (χ4v) is 1.47. The summed E-state index contributed by atoms with van der Waals surface area (Å²) in [7, 11) is 1.56. The van der Waals surface area contributed by atoms with Crippen LogP contribution in [0.4, 0.5) is 5.82 Å². The molecule has 0 bridgehead atoms. The number of rotatable bonds is 7. The van der Waals surface area contributed by atoms with Crippen LogP contribution in [0.3, 0.4) is 0 Å². The van der Waals surface area contributed by atoms with Crippen molar-refractivity contribution < 1.29 is 14.3 Å². The number of anilines is 1. The summed E-state index contributed by atoms with van der Waals surface area (Å²) >= 11 is 0. The zero-order valence-corrected chi connectivity index (χ0v) is 11.0. The summed E-state index contributed by atoms with van der Waals surface area (Å²) in [4.78, 5) is 13.2. The largest absolute Gasteiger partial charge is 0.465 e. The van der Waals surface area contributed by atoms with Gasteiger partial charge in [-0.2, -0.15) is 10.4 Å². The minimum atomic E-state index is -0.381. The lowest BCUT2D eigenvalue weighted by Gasteiger charge is -2.22. The number of hydrogen-bond donors (Lipinski definition) is 0. The molecule has 0 aromatic carbocycles. The van der Waals surface area contributed by atoms with Crippen LogP contribution in [0.25, 0.3) is 0 Å². The lowest BCUT2D eigenvalue weighted by Crippen LogP contribution is -2.35. The molecule has 1 heterocycles. The molecule has 7 nitrogen and oxygen atoms in total.